The van der Waals surface area contributed by atoms with Crippen molar-refractivity contribution in [2.75, 3.05) is 13.7 Å². The first-order valence-corrected chi connectivity index (χ1v) is 6.55. The highest BCUT2D eigenvalue weighted by molar-refractivity contribution is 9.10. The van der Waals surface area contributed by atoms with Gasteiger partial charge in [0.25, 0.3) is 0 Å². The molecule has 0 aliphatic rings. The van der Waals surface area contributed by atoms with Gasteiger partial charge in [-0.05, 0) is 18.7 Å². The second kappa shape index (κ2) is 5.82. The third kappa shape index (κ3) is 2.58. The summed E-state index contributed by atoms with van der Waals surface area (Å²) < 4.78 is 25.3. The lowest BCUT2D eigenvalue weighted by Gasteiger charge is -2.02. The molecule has 0 atom stereocenters. The second-order valence-corrected chi connectivity index (χ2v) is 4.90. The van der Waals surface area contributed by atoms with Crippen LogP contribution in [0, 0.1) is 5.82 Å². The molecule has 5 heteroatoms. The molecule has 0 aliphatic carbocycles. The van der Waals surface area contributed by atoms with E-state index in [1.165, 1.54) is 6.07 Å². The van der Waals surface area contributed by atoms with Gasteiger partial charge >= 0.3 is 0 Å². The van der Waals surface area contributed by atoms with Crippen molar-refractivity contribution in [2.45, 2.75) is 20.1 Å². The summed E-state index contributed by atoms with van der Waals surface area (Å²) in [6.45, 7) is 3.82. The summed E-state index contributed by atoms with van der Waals surface area (Å²) in [5.41, 5.74) is 1.19. The lowest BCUT2D eigenvalue weighted by molar-refractivity contribution is 0.183. The lowest BCUT2D eigenvalue weighted by atomic mass is 10.1. The van der Waals surface area contributed by atoms with Crippen LogP contribution in [0.3, 0.4) is 0 Å². The molecule has 98 valence electrons. The van der Waals surface area contributed by atoms with Crippen LogP contribution in [-0.4, -0.2) is 13.7 Å². The van der Waals surface area contributed by atoms with Crippen LogP contribution in [0.25, 0.3) is 11.0 Å². The highest BCUT2D eigenvalue weighted by Crippen LogP contribution is 2.31. The monoisotopic (exact) mass is 315 g/mol. The quantitative estimate of drug-likeness (QED) is 0.915. The lowest BCUT2D eigenvalue weighted by Crippen LogP contribution is -2.12. The zero-order chi connectivity index (χ0) is 13.1. The van der Waals surface area contributed by atoms with Crippen molar-refractivity contribution >= 4 is 26.9 Å². The minimum absolute atomic E-state index is 0.290. The number of nitrogens with one attached hydrogen (secondary N) is 1. The molecule has 0 saturated heterocycles. The maximum Gasteiger partial charge on any atom is 0.170 e. The van der Waals surface area contributed by atoms with Crippen LogP contribution >= 0.6 is 15.9 Å². The molecule has 0 amide bonds. The summed E-state index contributed by atoms with van der Waals surface area (Å²) in [6, 6.07) is 3.26. The van der Waals surface area contributed by atoms with E-state index in [4.69, 9.17) is 9.15 Å². The van der Waals surface area contributed by atoms with Crippen LogP contribution in [0.4, 0.5) is 4.39 Å². The second-order valence-electron chi connectivity index (χ2n) is 3.98. The number of halogens is 2. The van der Waals surface area contributed by atoms with Gasteiger partial charge in [-0.15, -0.1) is 0 Å². The molecule has 1 aromatic heterocycles. The Labute approximate surface area is 113 Å². The van der Waals surface area contributed by atoms with Crippen LogP contribution in [0.1, 0.15) is 18.2 Å². The smallest absolute Gasteiger partial charge is 0.170 e. The van der Waals surface area contributed by atoms with Gasteiger partial charge in [0, 0.05) is 22.5 Å². The zero-order valence-corrected chi connectivity index (χ0v) is 11.9. The third-order valence-corrected chi connectivity index (χ3v) is 3.18. The van der Waals surface area contributed by atoms with Gasteiger partial charge < -0.3 is 14.5 Å². The van der Waals surface area contributed by atoms with E-state index in [-0.39, 0.29) is 11.4 Å². The van der Waals surface area contributed by atoms with E-state index in [2.05, 4.69) is 21.2 Å². The van der Waals surface area contributed by atoms with Crippen molar-refractivity contribution in [3.05, 3.63) is 33.7 Å². The molecule has 0 radical (unpaired) electrons. The number of benzene rings is 1. The van der Waals surface area contributed by atoms with Crippen molar-refractivity contribution in [3.8, 4) is 0 Å². The SMILES string of the molecule is CCNCc1oc2c(F)cc(Br)cc2c1COC. The van der Waals surface area contributed by atoms with Gasteiger partial charge in [0.05, 0.1) is 13.2 Å². The van der Waals surface area contributed by atoms with E-state index in [1.54, 1.807) is 7.11 Å². The van der Waals surface area contributed by atoms with E-state index >= 15 is 0 Å². The number of fused-ring (bicyclic) bond motifs is 1. The van der Waals surface area contributed by atoms with Gasteiger partial charge in [0.2, 0.25) is 0 Å². The molecule has 1 aromatic carbocycles. The molecule has 0 bridgehead atoms. The van der Waals surface area contributed by atoms with Gasteiger partial charge in [-0.1, -0.05) is 22.9 Å². The summed E-state index contributed by atoms with van der Waals surface area (Å²) >= 11 is 3.29. The van der Waals surface area contributed by atoms with Gasteiger partial charge in [-0.3, -0.25) is 0 Å². The fraction of sp³-hybridized carbons (Fsp3) is 0.385. The number of hydrogen-bond donors (Lipinski definition) is 1. The van der Waals surface area contributed by atoms with Gasteiger partial charge in [0.1, 0.15) is 5.76 Å². The van der Waals surface area contributed by atoms with Crippen LogP contribution in [0.5, 0.6) is 0 Å². The van der Waals surface area contributed by atoms with Crippen LogP contribution < -0.4 is 5.32 Å². The van der Waals surface area contributed by atoms with Crippen molar-refractivity contribution in [1.29, 1.82) is 0 Å². The average Bonchev–Trinajstić information content (AvgIpc) is 2.66. The molecule has 0 unspecified atom stereocenters. The minimum atomic E-state index is -0.362. The summed E-state index contributed by atoms with van der Waals surface area (Å²) in [7, 11) is 1.62. The molecule has 0 spiro atoms. The number of rotatable bonds is 5. The summed E-state index contributed by atoms with van der Waals surface area (Å²) in [6.07, 6.45) is 0. The van der Waals surface area contributed by atoms with Gasteiger partial charge in [-0.2, -0.15) is 0 Å². The fourth-order valence-electron chi connectivity index (χ4n) is 1.91. The molecule has 2 rings (SSSR count). The van der Waals surface area contributed by atoms with E-state index in [9.17, 15) is 4.39 Å². The van der Waals surface area contributed by atoms with Crippen LogP contribution in [0.2, 0.25) is 0 Å². The topological polar surface area (TPSA) is 34.4 Å². The largest absolute Gasteiger partial charge is 0.456 e. The van der Waals surface area contributed by atoms with Crippen LogP contribution in [-0.2, 0) is 17.9 Å². The molecule has 3 nitrogen and oxygen atoms in total. The predicted octanol–water partition coefficient (Wildman–Crippen LogP) is 3.59. The maximum absolute atomic E-state index is 13.8. The molecule has 1 heterocycles. The molecule has 0 aliphatic heterocycles. The van der Waals surface area contributed by atoms with Crippen molar-refractivity contribution in [2.24, 2.45) is 0 Å². The molecule has 18 heavy (non-hydrogen) atoms. The van der Waals surface area contributed by atoms with Crippen molar-refractivity contribution in [3.63, 3.8) is 0 Å². The first-order chi connectivity index (χ1) is 8.67. The predicted molar refractivity (Wildman–Crippen MR) is 72.0 cm³/mol. The Bertz CT molecular complexity index is 553. The summed E-state index contributed by atoms with van der Waals surface area (Å²) in [4.78, 5) is 0. The number of hydrogen-bond acceptors (Lipinski definition) is 3. The molecule has 0 saturated carbocycles. The number of furan rings is 1. The summed E-state index contributed by atoms with van der Waals surface area (Å²) in [5, 5.41) is 3.94. The van der Waals surface area contributed by atoms with Gasteiger partial charge in [0.15, 0.2) is 11.4 Å². The standard InChI is InChI=1S/C13H15BrFNO2/c1-3-16-6-12-10(7-17-2)9-4-8(14)5-11(15)13(9)18-12/h4-5,16H,3,6-7H2,1-2H3. The average molecular weight is 316 g/mol. The van der Waals surface area contributed by atoms with E-state index < -0.39 is 0 Å². The Morgan fingerprint density at radius 1 is 1.44 bits per heavy atom. The Kier molecular flexibility index (Phi) is 4.37. The maximum atomic E-state index is 13.8. The number of ether oxygens (including phenoxy) is 1. The Hall–Kier alpha value is -0.910. The minimum Gasteiger partial charge on any atom is -0.456 e. The zero-order valence-electron chi connectivity index (χ0n) is 10.3. The third-order valence-electron chi connectivity index (χ3n) is 2.72. The molecule has 1 N–H and O–H groups in total. The molecule has 0 fully saturated rings. The highest BCUT2D eigenvalue weighted by Gasteiger charge is 2.17. The normalized spacial score (nSPS) is 11.3. The first-order valence-electron chi connectivity index (χ1n) is 5.76. The van der Waals surface area contributed by atoms with Crippen molar-refractivity contribution in [1.82, 2.24) is 5.32 Å². The van der Waals surface area contributed by atoms with E-state index in [1.807, 2.05) is 13.0 Å². The summed E-state index contributed by atoms with van der Waals surface area (Å²) in [5.74, 6) is 0.366. The Balaban J connectivity index is 2.55. The van der Waals surface area contributed by atoms with Crippen molar-refractivity contribution < 1.29 is 13.5 Å². The fourth-order valence-corrected chi connectivity index (χ4v) is 2.34. The van der Waals surface area contributed by atoms with E-state index in [0.717, 1.165) is 23.3 Å². The Morgan fingerprint density at radius 3 is 2.89 bits per heavy atom. The first kappa shape index (κ1) is 13.5. The number of methoxy groups -OCH3 is 1. The molecular weight excluding hydrogens is 301 g/mol. The van der Waals surface area contributed by atoms with Gasteiger partial charge in [-0.25, -0.2) is 4.39 Å². The Morgan fingerprint density at radius 2 is 2.22 bits per heavy atom. The molecular formula is C13H15BrFNO2. The molecule has 2 aromatic rings. The van der Waals surface area contributed by atoms with E-state index in [0.29, 0.717) is 17.6 Å². The highest BCUT2D eigenvalue weighted by atomic mass is 79.9. The van der Waals surface area contributed by atoms with Crippen LogP contribution in [0.15, 0.2) is 21.0 Å².